The second-order valence-electron chi connectivity index (χ2n) is 12.7. The lowest BCUT2D eigenvalue weighted by atomic mass is 9.96. The van der Waals surface area contributed by atoms with Gasteiger partial charge >= 0.3 is 0 Å². The highest BCUT2D eigenvalue weighted by molar-refractivity contribution is 5.72. The summed E-state index contributed by atoms with van der Waals surface area (Å²) in [6, 6.07) is 24.5. The standard InChI is InChI=1S/C38H36N4O3/c39-17-26-14-27(20-41-19-26)23-44-37-15-36(45-24-29-8-4-9-31(34(29)18-40)28-6-2-1-3-7-28)33-11-5-10-32(33)35(37)21-42-25-38(12-13-38)16-30(42)22-43/h1-4,6-9,14-15,19-20,30,43H,5,10-13,16,21-25H2/t30-/m0/s1. The highest BCUT2D eigenvalue weighted by atomic mass is 16.5. The summed E-state index contributed by atoms with van der Waals surface area (Å²) < 4.78 is 13.1. The Labute approximate surface area is 264 Å². The Morgan fingerprint density at radius 3 is 2.51 bits per heavy atom. The Bertz CT molecular complexity index is 1800. The van der Waals surface area contributed by atoms with Crippen LogP contribution in [0.25, 0.3) is 11.1 Å². The van der Waals surface area contributed by atoms with Gasteiger partial charge in [-0.05, 0) is 72.3 Å². The zero-order valence-electron chi connectivity index (χ0n) is 25.3. The van der Waals surface area contributed by atoms with Crippen LogP contribution in [-0.4, -0.2) is 34.2 Å². The molecule has 0 unspecified atom stereocenters. The Morgan fingerprint density at radius 1 is 0.911 bits per heavy atom. The molecule has 0 radical (unpaired) electrons. The number of hydrogen-bond acceptors (Lipinski definition) is 7. The largest absolute Gasteiger partial charge is 0.488 e. The van der Waals surface area contributed by atoms with Crippen molar-refractivity contribution in [2.45, 2.75) is 64.3 Å². The Hall–Kier alpha value is -4.69. The van der Waals surface area contributed by atoms with E-state index in [4.69, 9.17) is 9.47 Å². The van der Waals surface area contributed by atoms with Gasteiger partial charge in [-0.1, -0.05) is 48.5 Å². The number of aromatic nitrogens is 1. The minimum Gasteiger partial charge on any atom is -0.488 e. The van der Waals surface area contributed by atoms with Crippen molar-refractivity contribution in [3.05, 3.63) is 112 Å². The third kappa shape index (κ3) is 5.90. The minimum atomic E-state index is 0.158. The van der Waals surface area contributed by atoms with E-state index in [1.54, 1.807) is 18.5 Å². The zero-order chi connectivity index (χ0) is 30.8. The fourth-order valence-corrected chi connectivity index (χ4v) is 7.24. The van der Waals surface area contributed by atoms with Crippen LogP contribution in [0.5, 0.6) is 11.5 Å². The molecule has 1 saturated heterocycles. The predicted octanol–water partition coefficient (Wildman–Crippen LogP) is 6.49. The Morgan fingerprint density at radius 2 is 1.73 bits per heavy atom. The van der Waals surface area contributed by atoms with Crippen molar-refractivity contribution in [1.29, 1.82) is 10.5 Å². The van der Waals surface area contributed by atoms with Crippen LogP contribution in [0.2, 0.25) is 0 Å². The molecule has 1 spiro atoms. The first-order valence-electron chi connectivity index (χ1n) is 15.8. The van der Waals surface area contributed by atoms with Gasteiger partial charge in [-0.2, -0.15) is 10.5 Å². The van der Waals surface area contributed by atoms with Crippen LogP contribution in [0.3, 0.4) is 0 Å². The van der Waals surface area contributed by atoms with Gasteiger partial charge in [0.15, 0.2) is 0 Å². The van der Waals surface area contributed by atoms with Crippen LogP contribution in [0, 0.1) is 28.1 Å². The first-order valence-corrected chi connectivity index (χ1v) is 15.8. The number of likely N-dealkylation sites (tertiary alicyclic amines) is 1. The smallest absolute Gasteiger partial charge is 0.128 e. The van der Waals surface area contributed by atoms with Crippen molar-refractivity contribution < 1.29 is 14.6 Å². The molecule has 7 rings (SSSR count). The number of aliphatic hydroxyl groups is 1. The fourth-order valence-electron chi connectivity index (χ4n) is 7.24. The van der Waals surface area contributed by atoms with E-state index in [-0.39, 0.29) is 25.9 Å². The highest BCUT2D eigenvalue weighted by Gasteiger charge is 2.51. The molecule has 45 heavy (non-hydrogen) atoms. The summed E-state index contributed by atoms with van der Waals surface area (Å²) in [5, 5.41) is 29.8. The molecule has 1 N–H and O–H groups in total. The summed E-state index contributed by atoms with van der Waals surface area (Å²) in [5.41, 5.74) is 8.71. The van der Waals surface area contributed by atoms with Gasteiger partial charge in [0.05, 0.1) is 17.7 Å². The van der Waals surface area contributed by atoms with E-state index >= 15 is 0 Å². The third-order valence-corrected chi connectivity index (χ3v) is 9.74. The summed E-state index contributed by atoms with van der Waals surface area (Å²) in [6.45, 7) is 2.44. The number of fused-ring (bicyclic) bond motifs is 1. The van der Waals surface area contributed by atoms with Gasteiger partial charge in [-0.15, -0.1) is 0 Å². The molecule has 1 saturated carbocycles. The van der Waals surface area contributed by atoms with Gasteiger partial charge < -0.3 is 14.6 Å². The van der Waals surface area contributed by atoms with E-state index < -0.39 is 0 Å². The maximum atomic E-state index is 10.2. The molecular formula is C38H36N4O3. The average Bonchev–Trinajstić information content (AvgIpc) is 3.48. The van der Waals surface area contributed by atoms with Gasteiger partial charge in [0.25, 0.3) is 0 Å². The van der Waals surface area contributed by atoms with Gasteiger partial charge in [0.2, 0.25) is 0 Å². The number of ether oxygens (including phenoxy) is 2. The first-order chi connectivity index (χ1) is 22.1. The van der Waals surface area contributed by atoms with E-state index in [2.05, 4.69) is 22.0 Å². The SMILES string of the molecule is N#Cc1cncc(COc2cc(OCc3cccc(-c4ccccc4)c3C#N)c3c(c2CN2CC4(CC4)C[C@H]2CO)CCC3)c1. The van der Waals surface area contributed by atoms with Crippen molar-refractivity contribution in [2.75, 3.05) is 13.2 Å². The minimum absolute atomic E-state index is 0.158. The summed E-state index contributed by atoms with van der Waals surface area (Å²) in [5.74, 6) is 1.55. The number of nitrogens with zero attached hydrogens (tertiary/aromatic N) is 4. The summed E-state index contributed by atoms with van der Waals surface area (Å²) in [6.07, 6.45) is 9.73. The monoisotopic (exact) mass is 596 g/mol. The van der Waals surface area contributed by atoms with Crippen LogP contribution in [-0.2, 0) is 32.6 Å². The van der Waals surface area contributed by atoms with E-state index in [1.807, 2.05) is 54.6 Å². The molecule has 3 aliphatic rings. The quantitative estimate of drug-likeness (QED) is 0.223. The maximum absolute atomic E-state index is 10.2. The molecule has 7 heteroatoms. The normalized spacial score (nSPS) is 17.9. The van der Waals surface area contributed by atoms with Crippen molar-refractivity contribution in [2.24, 2.45) is 5.41 Å². The van der Waals surface area contributed by atoms with Gasteiger partial charge in [-0.25, -0.2) is 0 Å². The van der Waals surface area contributed by atoms with E-state index in [1.165, 1.54) is 29.5 Å². The molecule has 7 nitrogen and oxygen atoms in total. The first kappa shape index (κ1) is 29.0. The van der Waals surface area contributed by atoms with Crippen LogP contribution in [0.1, 0.15) is 64.6 Å². The second kappa shape index (κ2) is 12.4. The number of hydrogen-bond donors (Lipinski definition) is 1. The highest BCUT2D eigenvalue weighted by Crippen LogP contribution is 2.55. The van der Waals surface area contributed by atoms with Gasteiger partial charge in [0.1, 0.15) is 36.9 Å². The van der Waals surface area contributed by atoms with Crippen molar-refractivity contribution in [3.63, 3.8) is 0 Å². The molecule has 0 amide bonds. The second-order valence-corrected chi connectivity index (χ2v) is 12.7. The summed E-state index contributed by atoms with van der Waals surface area (Å²) >= 11 is 0. The zero-order valence-corrected chi connectivity index (χ0v) is 25.3. The lowest BCUT2D eigenvalue weighted by molar-refractivity contribution is 0.151. The van der Waals surface area contributed by atoms with Crippen LogP contribution in [0.15, 0.2) is 73.1 Å². The lowest BCUT2D eigenvalue weighted by Crippen LogP contribution is -2.32. The fraction of sp³-hybridized carbons (Fsp3) is 0.342. The molecule has 1 atom stereocenters. The third-order valence-electron chi connectivity index (χ3n) is 9.74. The van der Waals surface area contributed by atoms with Gasteiger partial charge in [-0.3, -0.25) is 9.88 Å². The molecule has 2 fully saturated rings. The number of pyridine rings is 1. The number of rotatable bonds is 10. The van der Waals surface area contributed by atoms with E-state index in [0.29, 0.717) is 16.5 Å². The van der Waals surface area contributed by atoms with Crippen molar-refractivity contribution in [3.8, 4) is 34.8 Å². The average molecular weight is 597 g/mol. The molecular weight excluding hydrogens is 560 g/mol. The molecule has 226 valence electrons. The molecule has 2 aliphatic carbocycles. The van der Waals surface area contributed by atoms with Crippen LogP contribution < -0.4 is 9.47 Å². The van der Waals surface area contributed by atoms with Crippen LogP contribution >= 0.6 is 0 Å². The van der Waals surface area contributed by atoms with Crippen molar-refractivity contribution in [1.82, 2.24) is 9.88 Å². The number of nitriles is 2. The van der Waals surface area contributed by atoms with Crippen LogP contribution in [0.4, 0.5) is 0 Å². The molecule has 3 aromatic carbocycles. The van der Waals surface area contributed by atoms with Gasteiger partial charge in [0, 0.05) is 54.3 Å². The van der Waals surface area contributed by atoms with E-state index in [0.717, 1.165) is 72.5 Å². The predicted molar refractivity (Wildman–Crippen MR) is 170 cm³/mol. The molecule has 0 bridgehead atoms. The molecule has 1 aromatic heterocycles. The van der Waals surface area contributed by atoms with E-state index in [9.17, 15) is 15.6 Å². The van der Waals surface area contributed by atoms with Crippen molar-refractivity contribution >= 4 is 0 Å². The number of benzene rings is 3. The molecule has 1 aliphatic heterocycles. The number of aliphatic hydroxyl groups excluding tert-OH is 1. The topological polar surface area (TPSA) is 102 Å². The Kier molecular flexibility index (Phi) is 7.98. The Balaban J connectivity index is 1.22. The molecule has 2 heterocycles. The lowest BCUT2D eigenvalue weighted by Gasteiger charge is -2.26. The molecule has 4 aromatic rings. The summed E-state index contributed by atoms with van der Waals surface area (Å²) in [4.78, 5) is 6.66. The maximum Gasteiger partial charge on any atom is 0.128 e. The summed E-state index contributed by atoms with van der Waals surface area (Å²) in [7, 11) is 0.